The Bertz CT molecular complexity index is 781. The Hall–Kier alpha value is -2.76. The number of hydrogen-bond donors (Lipinski definition) is 2. The SMILES string of the molecule is CC(NC(=O)c1c(F)cccc1F)c1ccc(NC(=O)C2CC2)cc1. The molecule has 1 unspecified atom stereocenters. The van der Waals surface area contributed by atoms with E-state index < -0.39 is 29.1 Å². The van der Waals surface area contributed by atoms with Crippen molar-refractivity contribution in [1.29, 1.82) is 0 Å². The van der Waals surface area contributed by atoms with E-state index in [1.807, 2.05) is 0 Å². The van der Waals surface area contributed by atoms with Gasteiger partial charge >= 0.3 is 0 Å². The van der Waals surface area contributed by atoms with Crippen LogP contribution in [-0.2, 0) is 4.79 Å². The van der Waals surface area contributed by atoms with Gasteiger partial charge in [-0.05, 0) is 49.6 Å². The van der Waals surface area contributed by atoms with E-state index in [0.29, 0.717) is 5.69 Å². The highest BCUT2D eigenvalue weighted by atomic mass is 19.1. The van der Waals surface area contributed by atoms with E-state index in [2.05, 4.69) is 10.6 Å². The highest BCUT2D eigenvalue weighted by molar-refractivity contribution is 5.95. The summed E-state index contributed by atoms with van der Waals surface area (Å²) in [6.07, 6.45) is 1.86. The lowest BCUT2D eigenvalue weighted by atomic mass is 10.1. The fourth-order valence-corrected chi connectivity index (χ4v) is 2.51. The third-order valence-electron chi connectivity index (χ3n) is 4.16. The van der Waals surface area contributed by atoms with Crippen LogP contribution in [0.3, 0.4) is 0 Å². The number of halogens is 2. The maximum atomic E-state index is 13.7. The Labute approximate surface area is 144 Å². The lowest BCUT2D eigenvalue weighted by molar-refractivity contribution is -0.117. The van der Waals surface area contributed by atoms with Crippen LogP contribution >= 0.6 is 0 Å². The number of carbonyl (C=O) groups excluding carboxylic acids is 2. The number of hydrogen-bond acceptors (Lipinski definition) is 2. The van der Waals surface area contributed by atoms with Crippen molar-refractivity contribution in [1.82, 2.24) is 5.32 Å². The van der Waals surface area contributed by atoms with Crippen LogP contribution < -0.4 is 10.6 Å². The molecule has 4 nitrogen and oxygen atoms in total. The van der Waals surface area contributed by atoms with E-state index in [9.17, 15) is 18.4 Å². The molecule has 6 heteroatoms. The zero-order chi connectivity index (χ0) is 18.0. The van der Waals surface area contributed by atoms with Gasteiger partial charge in [0.2, 0.25) is 5.91 Å². The minimum atomic E-state index is -0.900. The Balaban J connectivity index is 1.65. The second-order valence-corrected chi connectivity index (χ2v) is 6.18. The summed E-state index contributed by atoms with van der Waals surface area (Å²) < 4.78 is 27.3. The van der Waals surface area contributed by atoms with E-state index in [1.54, 1.807) is 31.2 Å². The molecule has 0 spiro atoms. The maximum Gasteiger partial charge on any atom is 0.257 e. The summed E-state index contributed by atoms with van der Waals surface area (Å²) in [7, 11) is 0. The number of carbonyl (C=O) groups is 2. The third kappa shape index (κ3) is 4.02. The summed E-state index contributed by atoms with van der Waals surface area (Å²) in [5.41, 5.74) is 0.844. The average molecular weight is 344 g/mol. The van der Waals surface area contributed by atoms with Crippen LogP contribution in [0.15, 0.2) is 42.5 Å². The molecule has 2 amide bonds. The largest absolute Gasteiger partial charge is 0.345 e. The van der Waals surface area contributed by atoms with Crippen molar-refractivity contribution < 1.29 is 18.4 Å². The Morgan fingerprint density at radius 2 is 1.64 bits per heavy atom. The first-order valence-electron chi connectivity index (χ1n) is 8.11. The highest BCUT2D eigenvalue weighted by Crippen LogP contribution is 2.30. The molecular formula is C19H18F2N2O2. The van der Waals surface area contributed by atoms with Crippen LogP contribution in [0.5, 0.6) is 0 Å². The predicted octanol–water partition coefficient (Wildman–Crippen LogP) is 3.80. The fraction of sp³-hybridized carbons (Fsp3) is 0.263. The molecule has 1 atom stereocenters. The Morgan fingerprint density at radius 3 is 2.20 bits per heavy atom. The fourth-order valence-electron chi connectivity index (χ4n) is 2.51. The van der Waals surface area contributed by atoms with E-state index in [0.717, 1.165) is 30.5 Å². The highest BCUT2D eigenvalue weighted by Gasteiger charge is 2.29. The van der Waals surface area contributed by atoms with Crippen LogP contribution in [0.25, 0.3) is 0 Å². The van der Waals surface area contributed by atoms with E-state index in [-0.39, 0.29) is 11.8 Å². The first kappa shape index (κ1) is 17.1. The second kappa shape index (κ2) is 7.01. The lowest BCUT2D eigenvalue weighted by Crippen LogP contribution is -2.28. The summed E-state index contributed by atoms with van der Waals surface area (Å²) in [5, 5.41) is 5.40. The molecule has 0 saturated heterocycles. The monoisotopic (exact) mass is 344 g/mol. The van der Waals surface area contributed by atoms with Gasteiger partial charge in [-0.1, -0.05) is 18.2 Å². The molecule has 1 aliphatic rings. The Morgan fingerprint density at radius 1 is 1.04 bits per heavy atom. The second-order valence-electron chi connectivity index (χ2n) is 6.18. The first-order valence-corrected chi connectivity index (χ1v) is 8.11. The molecule has 1 saturated carbocycles. The van der Waals surface area contributed by atoms with Gasteiger partial charge in [0, 0.05) is 11.6 Å². The van der Waals surface area contributed by atoms with Gasteiger partial charge in [-0.15, -0.1) is 0 Å². The van der Waals surface area contributed by atoms with Crippen molar-refractivity contribution in [2.24, 2.45) is 5.92 Å². The molecule has 0 aromatic heterocycles. The topological polar surface area (TPSA) is 58.2 Å². The van der Waals surface area contributed by atoms with E-state index in [4.69, 9.17) is 0 Å². The molecule has 2 aromatic rings. The summed E-state index contributed by atoms with van der Waals surface area (Å²) >= 11 is 0. The molecule has 2 N–H and O–H groups in total. The summed E-state index contributed by atoms with van der Waals surface area (Å²) in [4.78, 5) is 23.8. The molecule has 0 radical (unpaired) electrons. The molecule has 25 heavy (non-hydrogen) atoms. The standard InChI is InChI=1S/C19H18F2N2O2/c1-11(22-19(25)17-15(20)3-2-4-16(17)21)12-7-9-14(10-8-12)23-18(24)13-5-6-13/h2-4,7-11,13H,5-6H2,1H3,(H,22,25)(H,23,24). The molecule has 0 aliphatic heterocycles. The van der Waals surface area contributed by atoms with E-state index in [1.165, 1.54) is 6.07 Å². The van der Waals surface area contributed by atoms with Crippen LogP contribution in [0, 0.1) is 17.6 Å². The zero-order valence-electron chi connectivity index (χ0n) is 13.7. The number of nitrogens with one attached hydrogen (secondary N) is 2. The van der Waals surface area contributed by atoms with Crippen LogP contribution in [0.1, 0.15) is 41.7 Å². The van der Waals surface area contributed by atoms with Gasteiger partial charge in [0.1, 0.15) is 17.2 Å². The van der Waals surface area contributed by atoms with Gasteiger partial charge in [0.25, 0.3) is 5.91 Å². The minimum Gasteiger partial charge on any atom is -0.345 e. The van der Waals surface area contributed by atoms with Gasteiger partial charge in [-0.25, -0.2) is 8.78 Å². The normalized spacial score (nSPS) is 14.7. The smallest absolute Gasteiger partial charge is 0.257 e. The maximum absolute atomic E-state index is 13.7. The number of rotatable bonds is 5. The van der Waals surface area contributed by atoms with Gasteiger partial charge < -0.3 is 10.6 Å². The number of anilines is 1. The van der Waals surface area contributed by atoms with Gasteiger partial charge in [0.15, 0.2) is 0 Å². The van der Waals surface area contributed by atoms with Crippen molar-refractivity contribution in [2.75, 3.05) is 5.32 Å². The van der Waals surface area contributed by atoms with Crippen LogP contribution in [0.2, 0.25) is 0 Å². The predicted molar refractivity (Wildman–Crippen MR) is 90.0 cm³/mol. The van der Waals surface area contributed by atoms with Crippen molar-refractivity contribution in [3.8, 4) is 0 Å². The summed E-state index contributed by atoms with van der Waals surface area (Å²) in [6.45, 7) is 1.72. The molecule has 130 valence electrons. The van der Waals surface area contributed by atoms with Crippen LogP contribution in [0.4, 0.5) is 14.5 Å². The van der Waals surface area contributed by atoms with E-state index >= 15 is 0 Å². The molecule has 0 heterocycles. The number of benzene rings is 2. The summed E-state index contributed by atoms with van der Waals surface area (Å²) in [5.74, 6) is -2.47. The molecule has 3 rings (SSSR count). The molecule has 1 aliphatic carbocycles. The van der Waals surface area contributed by atoms with Gasteiger partial charge in [-0.3, -0.25) is 9.59 Å². The first-order chi connectivity index (χ1) is 12.0. The molecule has 1 fully saturated rings. The van der Waals surface area contributed by atoms with Crippen molar-refractivity contribution in [3.63, 3.8) is 0 Å². The average Bonchev–Trinajstić information content (AvgIpc) is 3.40. The quantitative estimate of drug-likeness (QED) is 0.867. The Kier molecular flexibility index (Phi) is 4.79. The van der Waals surface area contributed by atoms with Gasteiger partial charge in [0.05, 0.1) is 6.04 Å². The van der Waals surface area contributed by atoms with Crippen molar-refractivity contribution in [3.05, 3.63) is 65.2 Å². The van der Waals surface area contributed by atoms with Crippen LogP contribution in [-0.4, -0.2) is 11.8 Å². The van der Waals surface area contributed by atoms with Crippen molar-refractivity contribution in [2.45, 2.75) is 25.8 Å². The lowest BCUT2D eigenvalue weighted by Gasteiger charge is -2.15. The summed E-state index contributed by atoms with van der Waals surface area (Å²) in [6, 6.07) is 9.83. The molecule has 0 bridgehead atoms. The zero-order valence-corrected chi connectivity index (χ0v) is 13.7. The molecule has 2 aromatic carbocycles. The minimum absolute atomic E-state index is 0.0177. The third-order valence-corrected chi connectivity index (χ3v) is 4.16. The molecular weight excluding hydrogens is 326 g/mol. The van der Waals surface area contributed by atoms with Crippen molar-refractivity contribution >= 4 is 17.5 Å². The van der Waals surface area contributed by atoms with Gasteiger partial charge in [-0.2, -0.15) is 0 Å². The number of amides is 2.